The number of fused-ring (bicyclic) bond motifs is 1. The van der Waals surface area contributed by atoms with Gasteiger partial charge in [-0.3, -0.25) is 10.0 Å². The minimum atomic E-state index is -0.411. The Balaban J connectivity index is 1.70. The number of aromatic nitrogens is 1. The zero-order valence-electron chi connectivity index (χ0n) is 15.7. The van der Waals surface area contributed by atoms with E-state index in [0.717, 1.165) is 39.2 Å². The lowest BCUT2D eigenvalue weighted by Gasteiger charge is -2.11. The highest BCUT2D eigenvalue weighted by Gasteiger charge is 2.10. The molecule has 4 aromatic rings. The number of rotatable bonds is 6. The Morgan fingerprint density at radius 2 is 1.66 bits per heavy atom. The first-order chi connectivity index (χ1) is 14.2. The van der Waals surface area contributed by atoms with Gasteiger partial charge in [-0.25, -0.2) is 10.5 Å². The number of nitrogens with one attached hydrogen (secondary N) is 1. The lowest BCUT2D eigenvalue weighted by Crippen LogP contribution is -2.18. The first kappa shape index (κ1) is 18.7. The van der Waals surface area contributed by atoms with Gasteiger partial charge in [0.2, 0.25) is 5.91 Å². The molecule has 144 valence electrons. The van der Waals surface area contributed by atoms with Gasteiger partial charge in [0.25, 0.3) is 0 Å². The molecule has 5 heteroatoms. The minimum Gasteiger partial charge on any atom is -0.457 e. The molecule has 0 fully saturated rings. The number of ether oxygens (including phenoxy) is 1. The summed E-state index contributed by atoms with van der Waals surface area (Å²) in [6, 6.07) is 27.2. The van der Waals surface area contributed by atoms with Gasteiger partial charge in [-0.15, -0.1) is 0 Å². The number of aryl methyl sites for hydroxylation is 1. The fourth-order valence-corrected chi connectivity index (χ4v) is 3.25. The standard InChI is InChI=1S/C24H20N2O3/c27-24(26-28)14-13-17-16-23(25-22-12-5-4-11-21(17)22)18-7-6-10-20(15-18)29-19-8-2-1-3-9-19/h1-12,15-16,28H,13-14H2,(H,26,27). The molecule has 29 heavy (non-hydrogen) atoms. The quantitative estimate of drug-likeness (QED) is 0.357. The van der Waals surface area contributed by atoms with E-state index in [1.807, 2.05) is 84.9 Å². The zero-order valence-corrected chi connectivity index (χ0v) is 15.7. The molecular weight excluding hydrogens is 364 g/mol. The molecule has 1 aromatic heterocycles. The summed E-state index contributed by atoms with van der Waals surface area (Å²) in [7, 11) is 0. The lowest BCUT2D eigenvalue weighted by molar-refractivity contribution is -0.129. The van der Waals surface area contributed by atoms with Gasteiger partial charge in [0, 0.05) is 17.4 Å². The Labute approximate surface area is 168 Å². The Hall–Kier alpha value is -3.70. The lowest BCUT2D eigenvalue weighted by atomic mass is 10.0. The minimum absolute atomic E-state index is 0.196. The number of amides is 1. The number of carbonyl (C=O) groups is 1. The Morgan fingerprint density at radius 1 is 0.897 bits per heavy atom. The third kappa shape index (κ3) is 4.42. The highest BCUT2D eigenvalue weighted by Crippen LogP contribution is 2.29. The van der Waals surface area contributed by atoms with E-state index in [4.69, 9.17) is 14.9 Å². The molecule has 5 nitrogen and oxygen atoms in total. The molecule has 0 saturated heterocycles. The molecule has 0 atom stereocenters. The number of hydroxylamine groups is 1. The maximum Gasteiger partial charge on any atom is 0.243 e. The number of carbonyl (C=O) groups excluding carboxylic acids is 1. The van der Waals surface area contributed by atoms with Crippen LogP contribution in [0.5, 0.6) is 11.5 Å². The molecule has 0 saturated carbocycles. The van der Waals surface area contributed by atoms with E-state index in [1.54, 1.807) is 5.48 Å². The van der Waals surface area contributed by atoms with Crippen molar-refractivity contribution in [2.45, 2.75) is 12.8 Å². The van der Waals surface area contributed by atoms with Gasteiger partial charge < -0.3 is 4.74 Å². The molecule has 0 spiro atoms. The first-order valence-corrected chi connectivity index (χ1v) is 9.38. The van der Waals surface area contributed by atoms with E-state index < -0.39 is 5.91 Å². The van der Waals surface area contributed by atoms with E-state index in [9.17, 15) is 4.79 Å². The predicted molar refractivity (Wildman–Crippen MR) is 112 cm³/mol. The van der Waals surface area contributed by atoms with Crippen LogP contribution in [0.4, 0.5) is 0 Å². The number of pyridine rings is 1. The molecular formula is C24H20N2O3. The van der Waals surface area contributed by atoms with Gasteiger partial charge in [0.15, 0.2) is 0 Å². The molecule has 1 heterocycles. The summed E-state index contributed by atoms with van der Waals surface area (Å²) in [5, 5.41) is 9.78. The Morgan fingerprint density at radius 3 is 2.48 bits per heavy atom. The number of hydrogen-bond donors (Lipinski definition) is 2. The summed E-state index contributed by atoms with van der Waals surface area (Å²) < 4.78 is 5.94. The zero-order chi connectivity index (χ0) is 20.1. The monoisotopic (exact) mass is 384 g/mol. The largest absolute Gasteiger partial charge is 0.457 e. The number of benzene rings is 3. The topological polar surface area (TPSA) is 71.5 Å². The van der Waals surface area contributed by atoms with Gasteiger partial charge in [0.05, 0.1) is 11.2 Å². The van der Waals surface area contributed by atoms with Crippen LogP contribution in [0.3, 0.4) is 0 Å². The van der Waals surface area contributed by atoms with Gasteiger partial charge in [-0.1, -0.05) is 48.5 Å². The summed E-state index contributed by atoms with van der Waals surface area (Å²) in [6.45, 7) is 0. The molecule has 0 unspecified atom stereocenters. The molecule has 0 aliphatic carbocycles. The predicted octanol–water partition coefficient (Wildman–Crippen LogP) is 5.13. The Kier molecular flexibility index (Phi) is 5.49. The van der Waals surface area contributed by atoms with Crippen molar-refractivity contribution in [2.24, 2.45) is 0 Å². The average Bonchev–Trinajstić information content (AvgIpc) is 2.78. The van der Waals surface area contributed by atoms with E-state index in [1.165, 1.54) is 0 Å². The van der Waals surface area contributed by atoms with Gasteiger partial charge >= 0.3 is 0 Å². The smallest absolute Gasteiger partial charge is 0.243 e. The van der Waals surface area contributed by atoms with Crippen LogP contribution >= 0.6 is 0 Å². The molecule has 1 amide bonds. The van der Waals surface area contributed by atoms with Crippen molar-refractivity contribution in [3.05, 3.63) is 90.5 Å². The van der Waals surface area contributed by atoms with Crippen LogP contribution in [-0.4, -0.2) is 16.1 Å². The normalized spacial score (nSPS) is 10.7. The summed E-state index contributed by atoms with van der Waals surface area (Å²) in [6.07, 6.45) is 0.698. The van der Waals surface area contributed by atoms with Gasteiger partial charge in [0.1, 0.15) is 11.5 Å². The van der Waals surface area contributed by atoms with Crippen LogP contribution < -0.4 is 10.2 Å². The second-order valence-corrected chi connectivity index (χ2v) is 6.66. The molecule has 3 aromatic carbocycles. The van der Waals surface area contributed by atoms with E-state index in [-0.39, 0.29) is 6.42 Å². The number of para-hydroxylation sites is 2. The van der Waals surface area contributed by atoms with E-state index in [2.05, 4.69) is 0 Å². The van der Waals surface area contributed by atoms with Crippen LogP contribution in [0.2, 0.25) is 0 Å². The van der Waals surface area contributed by atoms with E-state index in [0.29, 0.717) is 6.42 Å². The Bertz CT molecular complexity index is 1140. The molecule has 0 bridgehead atoms. The fraction of sp³-hybridized carbons (Fsp3) is 0.0833. The molecule has 4 rings (SSSR count). The summed E-state index contributed by atoms with van der Waals surface area (Å²) in [5.74, 6) is 1.09. The maximum absolute atomic E-state index is 11.5. The summed E-state index contributed by atoms with van der Waals surface area (Å²) >= 11 is 0. The first-order valence-electron chi connectivity index (χ1n) is 9.38. The van der Waals surface area contributed by atoms with Crippen LogP contribution in [0.1, 0.15) is 12.0 Å². The molecule has 0 aliphatic heterocycles. The third-order valence-electron chi connectivity index (χ3n) is 4.66. The molecule has 0 radical (unpaired) electrons. The fourth-order valence-electron chi connectivity index (χ4n) is 3.25. The van der Waals surface area contributed by atoms with Crippen molar-refractivity contribution in [3.8, 4) is 22.8 Å². The highest BCUT2D eigenvalue weighted by molar-refractivity contribution is 5.86. The van der Waals surface area contributed by atoms with Crippen molar-refractivity contribution < 1.29 is 14.7 Å². The van der Waals surface area contributed by atoms with Crippen molar-refractivity contribution in [3.63, 3.8) is 0 Å². The van der Waals surface area contributed by atoms with Crippen molar-refractivity contribution >= 4 is 16.8 Å². The molecule has 0 aliphatic rings. The third-order valence-corrected chi connectivity index (χ3v) is 4.66. The number of hydrogen-bond acceptors (Lipinski definition) is 4. The second kappa shape index (κ2) is 8.54. The summed E-state index contributed by atoms with van der Waals surface area (Å²) in [4.78, 5) is 16.3. The average molecular weight is 384 g/mol. The SMILES string of the molecule is O=C(CCc1cc(-c2cccc(Oc3ccccc3)c2)nc2ccccc12)NO. The summed E-state index contributed by atoms with van der Waals surface area (Å²) in [5.41, 5.74) is 5.29. The highest BCUT2D eigenvalue weighted by atomic mass is 16.5. The van der Waals surface area contributed by atoms with E-state index >= 15 is 0 Å². The van der Waals surface area contributed by atoms with Crippen LogP contribution in [-0.2, 0) is 11.2 Å². The van der Waals surface area contributed by atoms with Crippen molar-refractivity contribution in [2.75, 3.05) is 0 Å². The van der Waals surface area contributed by atoms with Crippen molar-refractivity contribution in [1.82, 2.24) is 10.5 Å². The van der Waals surface area contributed by atoms with Gasteiger partial charge in [-0.05, 0) is 48.4 Å². The van der Waals surface area contributed by atoms with Crippen LogP contribution in [0.25, 0.3) is 22.2 Å². The van der Waals surface area contributed by atoms with Gasteiger partial charge in [-0.2, -0.15) is 0 Å². The van der Waals surface area contributed by atoms with Crippen molar-refractivity contribution in [1.29, 1.82) is 0 Å². The maximum atomic E-state index is 11.5. The second-order valence-electron chi connectivity index (χ2n) is 6.66. The molecule has 2 N–H and O–H groups in total. The van der Waals surface area contributed by atoms with Crippen LogP contribution in [0, 0.1) is 0 Å². The number of nitrogens with zero attached hydrogens (tertiary/aromatic N) is 1. The van der Waals surface area contributed by atoms with Crippen LogP contribution in [0.15, 0.2) is 84.9 Å².